The molecule has 4 rings (SSSR count). The minimum absolute atomic E-state index is 0.230. The normalized spacial score (nSPS) is 34.9. The van der Waals surface area contributed by atoms with Crippen LogP contribution in [0, 0.1) is 17.8 Å². The lowest BCUT2D eigenvalue weighted by Crippen LogP contribution is -2.48. The third kappa shape index (κ3) is 2.46. The maximum atomic E-state index is 6.75. The van der Waals surface area contributed by atoms with Gasteiger partial charge in [0.05, 0.1) is 11.8 Å². The van der Waals surface area contributed by atoms with Gasteiger partial charge in [-0.05, 0) is 42.5 Å². The third-order valence-corrected chi connectivity index (χ3v) is 11.3. The van der Waals surface area contributed by atoms with E-state index in [0.717, 1.165) is 0 Å². The van der Waals surface area contributed by atoms with E-state index in [-0.39, 0.29) is 11.1 Å². The fourth-order valence-corrected chi connectivity index (χ4v) is 5.87. The molecule has 0 unspecified atom stereocenters. The average Bonchev–Trinajstić information content (AvgIpc) is 3.17. The Morgan fingerprint density at radius 3 is 2.50 bits per heavy atom. The van der Waals surface area contributed by atoms with Gasteiger partial charge in [0.2, 0.25) is 0 Å². The molecule has 130 valence electrons. The van der Waals surface area contributed by atoms with E-state index in [0.29, 0.717) is 23.9 Å². The highest BCUT2D eigenvalue weighted by molar-refractivity contribution is 6.74. The van der Waals surface area contributed by atoms with Gasteiger partial charge in [-0.15, -0.1) is 0 Å². The van der Waals surface area contributed by atoms with E-state index in [1.807, 2.05) is 0 Å². The van der Waals surface area contributed by atoms with E-state index in [1.165, 1.54) is 24.1 Å². The molecule has 0 spiro atoms. The van der Waals surface area contributed by atoms with Crippen LogP contribution in [0.1, 0.15) is 39.2 Å². The standard InChI is InChI=1S/C20H29NO2Si/c1-20(2,3)24(4,5)23-16-12-14-11-15(16)19-17(14)18(21-22-19)13-9-7-6-8-10-13/h6-10,14-17,19H,11-12H2,1-5H3/t14-,15+,16+,17+,19+/m0/s1. The maximum Gasteiger partial charge on any atom is 0.192 e. The predicted octanol–water partition coefficient (Wildman–Crippen LogP) is 4.84. The lowest BCUT2D eigenvalue weighted by Gasteiger charge is -2.41. The van der Waals surface area contributed by atoms with Crippen molar-refractivity contribution in [2.45, 2.75) is 64.0 Å². The van der Waals surface area contributed by atoms with Crippen molar-refractivity contribution in [2.75, 3.05) is 0 Å². The van der Waals surface area contributed by atoms with E-state index < -0.39 is 8.32 Å². The highest BCUT2D eigenvalue weighted by Crippen LogP contribution is 2.55. The van der Waals surface area contributed by atoms with Crippen molar-refractivity contribution in [2.24, 2.45) is 22.9 Å². The number of rotatable bonds is 3. The molecular weight excluding hydrogens is 314 g/mol. The van der Waals surface area contributed by atoms with Gasteiger partial charge in [0.1, 0.15) is 6.10 Å². The predicted molar refractivity (Wildman–Crippen MR) is 99.6 cm³/mol. The van der Waals surface area contributed by atoms with Crippen LogP contribution >= 0.6 is 0 Å². The van der Waals surface area contributed by atoms with Crippen LogP contribution in [0.3, 0.4) is 0 Å². The van der Waals surface area contributed by atoms with E-state index in [2.05, 4.69) is 69.4 Å². The second-order valence-corrected chi connectivity index (χ2v) is 14.0. The van der Waals surface area contributed by atoms with Crippen LogP contribution in [0.5, 0.6) is 0 Å². The zero-order chi connectivity index (χ0) is 17.1. The van der Waals surface area contributed by atoms with E-state index in [4.69, 9.17) is 9.26 Å². The summed E-state index contributed by atoms with van der Waals surface area (Å²) in [5, 5.41) is 4.74. The maximum absolute atomic E-state index is 6.75. The Morgan fingerprint density at radius 2 is 1.83 bits per heavy atom. The average molecular weight is 344 g/mol. The Bertz CT molecular complexity index is 649. The van der Waals surface area contributed by atoms with Gasteiger partial charge in [0.15, 0.2) is 8.32 Å². The molecule has 2 fully saturated rings. The highest BCUT2D eigenvalue weighted by Gasteiger charge is 2.60. The van der Waals surface area contributed by atoms with Gasteiger partial charge in [0, 0.05) is 11.8 Å². The first-order chi connectivity index (χ1) is 11.3. The molecule has 0 aromatic heterocycles. The summed E-state index contributed by atoms with van der Waals surface area (Å²) in [7, 11) is -1.73. The molecule has 1 aliphatic heterocycles. The first kappa shape index (κ1) is 16.3. The van der Waals surface area contributed by atoms with Crippen molar-refractivity contribution >= 4 is 14.0 Å². The summed E-state index contributed by atoms with van der Waals surface area (Å²) >= 11 is 0. The van der Waals surface area contributed by atoms with Crippen molar-refractivity contribution in [3.05, 3.63) is 35.9 Å². The quantitative estimate of drug-likeness (QED) is 0.736. The second kappa shape index (κ2) is 5.43. The Kier molecular flexibility index (Phi) is 3.70. The molecule has 1 heterocycles. The van der Waals surface area contributed by atoms with Crippen LogP contribution in [0.2, 0.25) is 18.1 Å². The molecule has 0 saturated heterocycles. The Labute approximate surface area is 146 Å². The number of hydrogen-bond donors (Lipinski definition) is 0. The summed E-state index contributed by atoms with van der Waals surface area (Å²) < 4.78 is 6.75. The molecule has 24 heavy (non-hydrogen) atoms. The van der Waals surface area contributed by atoms with Crippen LogP contribution in [0.25, 0.3) is 0 Å². The molecule has 3 aliphatic rings. The van der Waals surface area contributed by atoms with Crippen LogP contribution in [-0.2, 0) is 9.26 Å². The van der Waals surface area contributed by atoms with Crippen LogP contribution in [0.15, 0.2) is 35.5 Å². The molecule has 2 bridgehead atoms. The summed E-state index contributed by atoms with van der Waals surface area (Å²) in [5.41, 5.74) is 2.39. The molecule has 0 amide bonds. The minimum Gasteiger partial charge on any atom is -0.414 e. The summed E-state index contributed by atoms with van der Waals surface area (Å²) in [6.07, 6.45) is 3.00. The van der Waals surface area contributed by atoms with Gasteiger partial charge in [-0.3, -0.25) is 0 Å². The second-order valence-electron chi connectivity index (χ2n) is 9.25. The Balaban J connectivity index is 1.50. The molecule has 1 aromatic rings. The zero-order valence-corrected chi connectivity index (χ0v) is 16.5. The fourth-order valence-electron chi connectivity index (χ4n) is 4.49. The Hall–Kier alpha value is -1.13. The molecule has 2 aliphatic carbocycles. The van der Waals surface area contributed by atoms with Crippen molar-refractivity contribution in [3.63, 3.8) is 0 Å². The summed E-state index contributed by atoms with van der Waals surface area (Å²) in [6, 6.07) is 10.5. The fraction of sp³-hybridized carbons (Fsp3) is 0.650. The molecule has 4 heteroatoms. The highest BCUT2D eigenvalue weighted by atomic mass is 28.4. The topological polar surface area (TPSA) is 30.8 Å². The van der Waals surface area contributed by atoms with Crippen molar-refractivity contribution < 1.29 is 9.26 Å². The van der Waals surface area contributed by atoms with Crippen molar-refractivity contribution in [1.29, 1.82) is 0 Å². The summed E-state index contributed by atoms with van der Waals surface area (Å²) in [4.78, 5) is 5.93. The van der Waals surface area contributed by atoms with Gasteiger partial charge in [-0.2, -0.15) is 0 Å². The van der Waals surface area contributed by atoms with Crippen LogP contribution in [0.4, 0.5) is 0 Å². The number of hydrogen-bond acceptors (Lipinski definition) is 3. The largest absolute Gasteiger partial charge is 0.414 e. The summed E-state index contributed by atoms with van der Waals surface area (Å²) in [5.74, 6) is 1.65. The molecule has 5 atom stereocenters. The number of fused-ring (bicyclic) bond motifs is 5. The van der Waals surface area contributed by atoms with Crippen LogP contribution in [-0.4, -0.2) is 26.2 Å². The van der Waals surface area contributed by atoms with E-state index in [1.54, 1.807) is 0 Å². The lowest BCUT2D eigenvalue weighted by atomic mass is 9.80. The molecular formula is C20H29NO2Si. The SMILES string of the molecule is CC(C)(C)[Si](C)(C)O[C@@H]1C[C@@H]2C[C@H]1[C@H]1ON=C(c3ccccc3)[C@@H]21. The van der Waals surface area contributed by atoms with Gasteiger partial charge in [-0.25, -0.2) is 0 Å². The van der Waals surface area contributed by atoms with E-state index >= 15 is 0 Å². The van der Waals surface area contributed by atoms with Gasteiger partial charge in [-0.1, -0.05) is 56.3 Å². The minimum atomic E-state index is -1.73. The number of benzene rings is 1. The number of nitrogens with zero attached hydrogens (tertiary/aromatic N) is 1. The van der Waals surface area contributed by atoms with Crippen molar-refractivity contribution in [3.8, 4) is 0 Å². The van der Waals surface area contributed by atoms with Crippen LogP contribution < -0.4 is 0 Å². The third-order valence-electron chi connectivity index (χ3n) is 6.78. The molecule has 1 aromatic carbocycles. The van der Waals surface area contributed by atoms with E-state index in [9.17, 15) is 0 Å². The van der Waals surface area contributed by atoms with Gasteiger partial charge in [0.25, 0.3) is 0 Å². The Morgan fingerprint density at radius 1 is 1.12 bits per heavy atom. The van der Waals surface area contributed by atoms with Gasteiger partial charge < -0.3 is 9.26 Å². The first-order valence-corrected chi connectivity index (χ1v) is 12.2. The summed E-state index contributed by atoms with van der Waals surface area (Å²) in [6.45, 7) is 11.7. The lowest BCUT2D eigenvalue weighted by molar-refractivity contribution is -0.0218. The number of oxime groups is 1. The molecule has 2 saturated carbocycles. The first-order valence-electron chi connectivity index (χ1n) is 9.25. The van der Waals surface area contributed by atoms with Gasteiger partial charge >= 0.3 is 0 Å². The molecule has 3 nitrogen and oxygen atoms in total. The monoisotopic (exact) mass is 343 g/mol. The zero-order valence-electron chi connectivity index (χ0n) is 15.5. The van der Waals surface area contributed by atoms with Crippen molar-refractivity contribution in [1.82, 2.24) is 0 Å². The molecule has 0 N–H and O–H groups in total. The smallest absolute Gasteiger partial charge is 0.192 e. The molecule has 0 radical (unpaired) electrons.